The van der Waals surface area contributed by atoms with Crippen LogP contribution in [0.2, 0.25) is 0 Å². The molecule has 1 N–H and O–H groups in total. The van der Waals surface area contributed by atoms with Crippen molar-refractivity contribution in [3.63, 3.8) is 0 Å². The van der Waals surface area contributed by atoms with Gasteiger partial charge in [0.05, 0.1) is 0 Å². The maximum atomic E-state index is 3.50. The largest absolute Gasteiger partial charge is 0.316 e. The standard InChI is InChI=1S/C9H20N2S/c1-12(2)11-6-4-9(8-11)3-5-10-7-9/h10,12H,3-8H2,1-2H3. The van der Waals surface area contributed by atoms with Crippen LogP contribution in [0.25, 0.3) is 0 Å². The lowest BCUT2D eigenvalue weighted by Gasteiger charge is -2.27. The van der Waals surface area contributed by atoms with Gasteiger partial charge in [-0.2, -0.15) is 0 Å². The maximum Gasteiger partial charge on any atom is 0.0141 e. The molecule has 0 aliphatic carbocycles. The van der Waals surface area contributed by atoms with Crippen LogP contribution in [-0.4, -0.2) is 43.0 Å². The number of nitrogens with zero attached hydrogens (tertiary/aromatic N) is 1. The van der Waals surface area contributed by atoms with Crippen LogP contribution in [0.15, 0.2) is 0 Å². The summed E-state index contributed by atoms with van der Waals surface area (Å²) in [4.78, 5) is 0. The van der Waals surface area contributed by atoms with Crippen LogP contribution in [0, 0.1) is 5.41 Å². The van der Waals surface area contributed by atoms with Crippen molar-refractivity contribution in [1.29, 1.82) is 0 Å². The minimum Gasteiger partial charge on any atom is -0.316 e. The van der Waals surface area contributed by atoms with Gasteiger partial charge in [0.15, 0.2) is 0 Å². The third kappa shape index (κ3) is 1.50. The summed E-state index contributed by atoms with van der Waals surface area (Å²) in [6.45, 7) is 5.23. The highest BCUT2D eigenvalue weighted by Crippen LogP contribution is 2.41. The average Bonchev–Trinajstić information content (AvgIpc) is 2.62. The van der Waals surface area contributed by atoms with Crippen molar-refractivity contribution in [3.05, 3.63) is 0 Å². The lowest BCUT2D eigenvalue weighted by molar-refractivity contribution is 0.345. The van der Waals surface area contributed by atoms with Gasteiger partial charge in [-0.25, -0.2) is 11.1 Å². The zero-order valence-electron chi connectivity index (χ0n) is 8.14. The van der Waals surface area contributed by atoms with Gasteiger partial charge < -0.3 is 5.32 Å². The molecule has 0 radical (unpaired) electrons. The molecule has 2 heterocycles. The molecule has 2 fully saturated rings. The Bertz CT molecular complexity index is 164. The molecule has 2 aliphatic heterocycles. The van der Waals surface area contributed by atoms with Crippen LogP contribution in [0.4, 0.5) is 0 Å². The van der Waals surface area contributed by atoms with E-state index in [1.807, 2.05) is 0 Å². The van der Waals surface area contributed by atoms with Crippen LogP contribution in [0.5, 0.6) is 0 Å². The van der Waals surface area contributed by atoms with Gasteiger partial charge in [-0.15, -0.1) is 0 Å². The maximum absolute atomic E-state index is 3.50. The van der Waals surface area contributed by atoms with Gasteiger partial charge >= 0.3 is 0 Å². The molecular weight excluding hydrogens is 168 g/mol. The Morgan fingerprint density at radius 1 is 1.33 bits per heavy atom. The summed E-state index contributed by atoms with van der Waals surface area (Å²) in [6, 6.07) is 0. The van der Waals surface area contributed by atoms with Crippen molar-refractivity contribution in [3.8, 4) is 0 Å². The van der Waals surface area contributed by atoms with Gasteiger partial charge in [-0.3, -0.25) is 4.31 Å². The topological polar surface area (TPSA) is 15.3 Å². The summed E-state index contributed by atoms with van der Waals surface area (Å²) < 4.78 is 2.68. The Hall–Kier alpha value is 0.270. The fraction of sp³-hybridized carbons (Fsp3) is 1.00. The molecule has 1 spiro atoms. The van der Waals surface area contributed by atoms with Crippen LogP contribution in [0.1, 0.15) is 12.8 Å². The SMILES string of the molecule is C[SH](C)N1CCC2(CCNC2)C1. The third-order valence-corrected chi connectivity index (χ3v) is 4.79. The molecule has 1 unspecified atom stereocenters. The molecule has 0 aromatic heterocycles. The molecule has 2 saturated heterocycles. The van der Waals surface area contributed by atoms with Gasteiger partial charge in [0.25, 0.3) is 0 Å². The van der Waals surface area contributed by atoms with E-state index >= 15 is 0 Å². The average molecular weight is 188 g/mol. The molecule has 0 aromatic rings. The summed E-state index contributed by atoms with van der Waals surface area (Å²) in [5, 5.41) is 3.50. The second kappa shape index (κ2) is 3.20. The fourth-order valence-corrected chi connectivity index (χ4v) is 3.48. The van der Waals surface area contributed by atoms with E-state index in [0.717, 1.165) is 0 Å². The van der Waals surface area contributed by atoms with Gasteiger partial charge in [0, 0.05) is 19.6 Å². The molecule has 0 aromatic carbocycles. The number of hydrogen-bond donors (Lipinski definition) is 2. The summed E-state index contributed by atoms with van der Waals surface area (Å²) in [5.41, 5.74) is 0.673. The summed E-state index contributed by atoms with van der Waals surface area (Å²) in [5.74, 6) is 0. The monoisotopic (exact) mass is 188 g/mol. The first-order valence-corrected chi connectivity index (χ1v) is 7.04. The van der Waals surface area contributed by atoms with Crippen molar-refractivity contribution < 1.29 is 0 Å². The Morgan fingerprint density at radius 3 is 2.67 bits per heavy atom. The Labute approximate surface area is 78.2 Å². The highest BCUT2D eigenvalue weighted by Gasteiger charge is 2.40. The first kappa shape index (κ1) is 8.85. The second-order valence-electron chi connectivity index (χ2n) is 4.41. The molecular formula is C9H20N2S. The first-order chi connectivity index (χ1) is 5.72. The van der Waals surface area contributed by atoms with E-state index in [0.29, 0.717) is 5.41 Å². The third-order valence-electron chi connectivity index (χ3n) is 3.32. The summed E-state index contributed by atoms with van der Waals surface area (Å²) in [6.07, 6.45) is 7.58. The number of rotatable bonds is 1. The molecule has 0 amide bonds. The normalized spacial score (nSPS) is 38.0. The molecule has 3 heteroatoms. The summed E-state index contributed by atoms with van der Waals surface area (Å²) >= 11 is 0.162. The molecule has 0 bridgehead atoms. The van der Waals surface area contributed by atoms with Gasteiger partial charge in [-0.1, -0.05) is 0 Å². The minimum absolute atomic E-state index is 0.162. The van der Waals surface area contributed by atoms with E-state index in [-0.39, 0.29) is 11.1 Å². The van der Waals surface area contributed by atoms with E-state index in [9.17, 15) is 0 Å². The van der Waals surface area contributed by atoms with E-state index in [1.165, 1.54) is 39.0 Å². The Balaban J connectivity index is 1.96. The molecule has 1 atom stereocenters. The van der Waals surface area contributed by atoms with Crippen molar-refractivity contribution in [1.82, 2.24) is 9.62 Å². The van der Waals surface area contributed by atoms with Gasteiger partial charge in [-0.05, 0) is 37.3 Å². The lowest BCUT2D eigenvalue weighted by Crippen LogP contribution is -2.27. The predicted molar refractivity (Wildman–Crippen MR) is 56.9 cm³/mol. The molecule has 2 nitrogen and oxygen atoms in total. The van der Waals surface area contributed by atoms with Crippen LogP contribution in [-0.2, 0) is 0 Å². The zero-order chi connectivity index (χ0) is 8.60. The highest BCUT2D eigenvalue weighted by atomic mass is 32.2. The highest BCUT2D eigenvalue weighted by molar-refractivity contribution is 8.13. The Morgan fingerprint density at radius 2 is 2.17 bits per heavy atom. The van der Waals surface area contributed by atoms with E-state index in [4.69, 9.17) is 0 Å². The van der Waals surface area contributed by atoms with Crippen LogP contribution >= 0.6 is 11.1 Å². The van der Waals surface area contributed by atoms with E-state index in [1.54, 1.807) is 0 Å². The quantitative estimate of drug-likeness (QED) is 0.593. The molecule has 0 saturated carbocycles. The van der Waals surface area contributed by atoms with Crippen molar-refractivity contribution in [2.45, 2.75) is 12.8 Å². The Kier molecular flexibility index (Phi) is 2.36. The van der Waals surface area contributed by atoms with Crippen molar-refractivity contribution >= 4 is 11.1 Å². The molecule has 2 aliphatic rings. The summed E-state index contributed by atoms with van der Waals surface area (Å²) in [7, 11) is 0. The molecule has 12 heavy (non-hydrogen) atoms. The van der Waals surface area contributed by atoms with E-state index < -0.39 is 0 Å². The lowest BCUT2D eigenvalue weighted by atomic mass is 9.87. The molecule has 2 rings (SSSR count). The van der Waals surface area contributed by atoms with E-state index in [2.05, 4.69) is 22.1 Å². The van der Waals surface area contributed by atoms with Crippen LogP contribution in [0.3, 0.4) is 0 Å². The van der Waals surface area contributed by atoms with Gasteiger partial charge in [0.2, 0.25) is 0 Å². The number of hydrogen-bond acceptors (Lipinski definition) is 2. The smallest absolute Gasteiger partial charge is 0.0141 e. The second-order valence-corrected chi connectivity index (χ2v) is 6.67. The fourth-order valence-electron chi connectivity index (χ4n) is 2.40. The van der Waals surface area contributed by atoms with Gasteiger partial charge in [0.1, 0.15) is 0 Å². The minimum atomic E-state index is 0.162. The number of thiol groups is 1. The van der Waals surface area contributed by atoms with Crippen molar-refractivity contribution in [2.75, 3.05) is 38.7 Å². The number of nitrogens with one attached hydrogen (secondary N) is 1. The first-order valence-electron chi connectivity index (χ1n) is 4.85. The predicted octanol–water partition coefficient (Wildman–Crippen LogP) is 0.848. The van der Waals surface area contributed by atoms with Crippen molar-refractivity contribution in [2.24, 2.45) is 5.41 Å². The molecule has 72 valence electrons. The zero-order valence-corrected chi connectivity index (χ0v) is 9.03. The van der Waals surface area contributed by atoms with Crippen LogP contribution < -0.4 is 5.32 Å².